The van der Waals surface area contributed by atoms with Crippen LogP contribution in [-0.4, -0.2) is 36.9 Å². The summed E-state index contributed by atoms with van der Waals surface area (Å²) in [5.74, 6) is 0.800. The monoisotopic (exact) mass is 368 g/mol. The van der Waals surface area contributed by atoms with Crippen molar-refractivity contribution in [3.8, 4) is 0 Å². The molecule has 5 nitrogen and oxygen atoms in total. The molecule has 1 aromatic carbocycles. The molecule has 2 aliphatic rings. The van der Waals surface area contributed by atoms with Gasteiger partial charge in [-0.05, 0) is 47.6 Å². The molecular weight excluding hydrogens is 347 g/mol. The molecule has 2 fully saturated rings. The number of rotatable bonds is 6. The fourth-order valence-electron chi connectivity index (χ4n) is 3.89. The molecule has 1 saturated heterocycles. The molecule has 1 amide bonds. The summed E-state index contributed by atoms with van der Waals surface area (Å²) in [6.45, 7) is 1.50. The molecule has 1 aliphatic carbocycles. The quantitative estimate of drug-likeness (QED) is 0.796. The maximum absolute atomic E-state index is 13.1. The molecule has 1 aromatic heterocycles. The van der Waals surface area contributed by atoms with Crippen molar-refractivity contribution in [3.63, 3.8) is 0 Å². The van der Waals surface area contributed by atoms with E-state index in [0.717, 1.165) is 18.8 Å². The van der Waals surface area contributed by atoms with Gasteiger partial charge in [-0.2, -0.15) is 0 Å². The van der Waals surface area contributed by atoms with Gasteiger partial charge in [-0.1, -0.05) is 12.1 Å². The molecule has 3 atom stereocenters. The van der Waals surface area contributed by atoms with Gasteiger partial charge in [0.1, 0.15) is 11.5 Å². The molecule has 1 saturated carbocycles. The number of amides is 1. The maximum Gasteiger partial charge on any atom is 0.269 e. The van der Waals surface area contributed by atoms with E-state index in [9.17, 15) is 14.0 Å². The number of nitrogens with one attached hydrogen (secondary N) is 1. The van der Waals surface area contributed by atoms with Crippen LogP contribution in [0.2, 0.25) is 0 Å². The number of carbonyl (C=O) groups excluding carboxylic acids is 2. The van der Waals surface area contributed by atoms with Crippen molar-refractivity contribution in [2.24, 2.45) is 17.8 Å². The minimum Gasteiger partial charge on any atom is -0.381 e. The topological polar surface area (TPSA) is 68.3 Å². The van der Waals surface area contributed by atoms with Gasteiger partial charge in [0, 0.05) is 31.1 Å². The van der Waals surface area contributed by atoms with Crippen LogP contribution >= 0.6 is 0 Å². The number of pyridine rings is 1. The molecule has 4 rings (SSSR count). The molecule has 0 spiro atoms. The third-order valence-corrected chi connectivity index (χ3v) is 5.51. The second-order valence-electron chi connectivity index (χ2n) is 7.27. The van der Waals surface area contributed by atoms with E-state index in [1.807, 2.05) is 0 Å². The molecule has 140 valence electrons. The van der Waals surface area contributed by atoms with E-state index < -0.39 is 0 Å². The largest absolute Gasteiger partial charge is 0.381 e. The maximum atomic E-state index is 13.1. The van der Waals surface area contributed by atoms with Gasteiger partial charge in [-0.15, -0.1) is 0 Å². The van der Waals surface area contributed by atoms with Gasteiger partial charge in [0.25, 0.3) is 5.91 Å². The zero-order chi connectivity index (χ0) is 19.0. The number of ether oxygens (including phenoxy) is 1. The van der Waals surface area contributed by atoms with Crippen LogP contribution in [0.1, 0.15) is 38.5 Å². The van der Waals surface area contributed by atoms with Gasteiger partial charge in [0.05, 0.1) is 13.2 Å². The van der Waals surface area contributed by atoms with E-state index in [1.165, 1.54) is 19.2 Å². The summed E-state index contributed by atoms with van der Waals surface area (Å²) in [7, 11) is 1.53. The minimum atomic E-state index is -0.332. The average Bonchev–Trinajstić information content (AvgIpc) is 3.09. The summed E-state index contributed by atoms with van der Waals surface area (Å²) in [5, 5.41) is 2.55. The molecule has 0 radical (unpaired) electrons. The Morgan fingerprint density at radius 3 is 2.56 bits per heavy atom. The molecule has 2 heterocycles. The van der Waals surface area contributed by atoms with Gasteiger partial charge in [-0.3, -0.25) is 9.59 Å². The van der Waals surface area contributed by atoms with Crippen LogP contribution in [0.15, 0.2) is 36.4 Å². The first-order valence-corrected chi connectivity index (χ1v) is 9.13. The Bertz CT molecular complexity index is 871. The Balaban J connectivity index is 1.56. The zero-order valence-corrected chi connectivity index (χ0v) is 15.1. The van der Waals surface area contributed by atoms with E-state index in [1.54, 1.807) is 24.3 Å². The van der Waals surface area contributed by atoms with E-state index in [4.69, 9.17) is 4.74 Å². The predicted molar refractivity (Wildman–Crippen MR) is 97.1 cm³/mol. The molecule has 1 aliphatic heterocycles. The number of Topliss-reactive ketones (excluding diaryl/α,β-unsaturated/α-hetero) is 1. The van der Waals surface area contributed by atoms with Crippen LogP contribution in [0.25, 0.3) is 0 Å². The van der Waals surface area contributed by atoms with E-state index in [2.05, 4.69) is 10.3 Å². The van der Waals surface area contributed by atoms with Crippen molar-refractivity contribution in [1.29, 1.82) is 0 Å². The normalized spacial score (nSPS) is 23.0. The summed E-state index contributed by atoms with van der Waals surface area (Å²) in [4.78, 5) is 29.2. The summed E-state index contributed by atoms with van der Waals surface area (Å²) >= 11 is 0. The van der Waals surface area contributed by atoms with Crippen molar-refractivity contribution in [2.45, 2.75) is 12.8 Å². The number of carbonyl (C=O) groups is 2. The Hall–Kier alpha value is -2.60. The number of aromatic nitrogens is 1. The highest BCUT2D eigenvalue weighted by atomic mass is 19.1. The first-order chi connectivity index (χ1) is 13.0. The predicted octanol–water partition coefficient (Wildman–Crippen LogP) is 2.64. The van der Waals surface area contributed by atoms with Gasteiger partial charge in [-0.25, -0.2) is 9.37 Å². The highest BCUT2D eigenvalue weighted by Crippen LogP contribution is 2.52. The number of fused-ring (bicyclic) bond motifs is 1. The van der Waals surface area contributed by atoms with Crippen LogP contribution < -0.4 is 5.32 Å². The van der Waals surface area contributed by atoms with Crippen LogP contribution in [0.3, 0.4) is 0 Å². The SMILES string of the molecule is CNC(=O)c1cc(C(=O)CC2[C@H]3COC[C@@H]23)cc(Cc2ccc(F)cc2)n1. The molecule has 1 unspecified atom stereocenters. The summed E-state index contributed by atoms with van der Waals surface area (Å²) in [6.07, 6.45) is 0.903. The first-order valence-electron chi connectivity index (χ1n) is 9.13. The Morgan fingerprint density at radius 1 is 1.19 bits per heavy atom. The van der Waals surface area contributed by atoms with Crippen molar-refractivity contribution in [2.75, 3.05) is 20.3 Å². The minimum absolute atomic E-state index is 0.0299. The summed E-state index contributed by atoms with van der Waals surface area (Å²) in [5.41, 5.74) is 2.21. The van der Waals surface area contributed by atoms with Crippen LogP contribution in [0.5, 0.6) is 0 Å². The smallest absolute Gasteiger partial charge is 0.269 e. The lowest BCUT2D eigenvalue weighted by Gasteiger charge is -2.09. The van der Waals surface area contributed by atoms with Crippen molar-refractivity contribution in [1.82, 2.24) is 10.3 Å². The molecule has 1 N–H and O–H groups in total. The number of benzene rings is 1. The van der Waals surface area contributed by atoms with E-state index in [-0.39, 0.29) is 23.2 Å². The number of nitrogens with zero attached hydrogens (tertiary/aromatic N) is 1. The van der Waals surface area contributed by atoms with Gasteiger partial charge < -0.3 is 10.1 Å². The molecule has 0 bridgehead atoms. The second-order valence-corrected chi connectivity index (χ2v) is 7.27. The number of hydrogen-bond acceptors (Lipinski definition) is 4. The number of hydrogen-bond donors (Lipinski definition) is 1. The fraction of sp³-hybridized carbons (Fsp3) is 0.381. The number of halogens is 1. The van der Waals surface area contributed by atoms with Crippen LogP contribution in [0.4, 0.5) is 4.39 Å². The summed E-state index contributed by atoms with van der Waals surface area (Å²) in [6, 6.07) is 9.43. The third-order valence-electron chi connectivity index (χ3n) is 5.51. The highest BCUT2D eigenvalue weighted by Gasteiger charge is 2.54. The van der Waals surface area contributed by atoms with Crippen LogP contribution in [0, 0.1) is 23.6 Å². The molecule has 6 heteroatoms. The summed E-state index contributed by atoms with van der Waals surface area (Å²) < 4.78 is 18.5. The first kappa shape index (κ1) is 17.8. The Labute approximate surface area is 156 Å². The Morgan fingerprint density at radius 2 is 1.89 bits per heavy atom. The van der Waals surface area contributed by atoms with Gasteiger partial charge in [0.2, 0.25) is 0 Å². The lowest BCUT2D eigenvalue weighted by Crippen LogP contribution is -2.21. The van der Waals surface area contributed by atoms with E-state index >= 15 is 0 Å². The molecule has 2 aromatic rings. The van der Waals surface area contributed by atoms with Gasteiger partial charge >= 0.3 is 0 Å². The van der Waals surface area contributed by atoms with Crippen molar-refractivity contribution in [3.05, 3.63) is 64.7 Å². The van der Waals surface area contributed by atoms with Crippen molar-refractivity contribution < 1.29 is 18.7 Å². The second kappa shape index (κ2) is 7.19. The van der Waals surface area contributed by atoms with Crippen molar-refractivity contribution >= 4 is 11.7 Å². The van der Waals surface area contributed by atoms with Gasteiger partial charge in [0.15, 0.2) is 5.78 Å². The average molecular weight is 368 g/mol. The standard InChI is InChI=1S/C21H21FN2O3/c1-23-21(26)19-8-13(20(25)9-16-17-10-27-11-18(16)17)7-15(24-19)6-12-2-4-14(22)5-3-12/h2-5,7-8,16-18H,6,9-11H2,1H3,(H,23,26)/t16?,17-,18+. The lowest BCUT2D eigenvalue weighted by atomic mass is 10.0. The fourth-order valence-corrected chi connectivity index (χ4v) is 3.89. The lowest BCUT2D eigenvalue weighted by molar-refractivity contribution is 0.0950. The molecular formula is C21H21FN2O3. The Kier molecular flexibility index (Phi) is 4.74. The zero-order valence-electron chi connectivity index (χ0n) is 15.1. The number of ketones is 1. The third kappa shape index (κ3) is 3.76. The van der Waals surface area contributed by atoms with Crippen LogP contribution in [-0.2, 0) is 11.2 Å². The van der Waals surface area contributed by atoms with E-state index in [0.29, 0.717) is 41.9 Å². The molecule has 27 heavy (non-hydrogen) atoms. The highest BCUT2D eigenvalue weighted by molar-refractivity contribution is 6.00.